The maximum absolute atomic E-state index is 13.6. The average Bonchev–Trinajstić information content (AvgIpc) is 2.80. The molecule has 0 aliphatic heterocycles. The summed E-state index contributed by atoms with van der Waals surface area (Å²) in [4.78, 5) is 29.1. The van der Waals surface area contributed by atoms with E-state index >= 15 is 0 Å². The molecule has 1 atom stereocenters. The van der Waals surface area contributed by atoms with Crippen molar-refractivity contribution in [2.45, 2.75) is 25.0 Å². The number of ether oxygens (including phenoxy) is 2. The SMILES string of the molecule is CCOC(C)OCCN(C(=O)c1c(O)c2cc(SC)ccc2n(C)c1=O)c1ccccc1. The molecule has 1 N–H and O–H groups in total. The van der Waals surface area contributed by atoms with Crippen LogP contribution in [0.15, 0.2) is 58.2 Å². The van der Waals surface area contributed by atoms with Gasteiger partial charge in [0.05, 0.1) is 12.1 Å². The zero-order valence-corrected chi connectivity index (χ0v) is 19.5. The Morgan fingerprint density at radius 3 is 2.56 bits per heavy atom. The quantitative estimate of drug-likeness (QED) is 0.387. The lowest BCUT2D eigenvalue weighted by atomic mass is 10.1. The smallest absolute Gasteiger partial charge is 0.267 e. The molecule has 1 aromatic heterocycles. The summed E-state index contributed by atoms with van der Waals surface area (Å²) in [6, 6.07) is 14.4. The first-order valence-corrected chi connectivity index (χ1v) is 11.6. The van der Waals surface area contributed by atoms with Gasteiger partial charge in [0.15, 0.2) is 6.29 Å². The number of anilines is 1. The number of hydrogen-bond acceptors (Lipinski definition) is 6. The number of aryl methyl sites for hydroxylation is 1. The number of pyridine rings is 1. The Labute approximate surface area is 191 Å². The first-order chi connectivity index (χ1) is 15.4. The topological polar surface area (TPSA) is 81.0 Å². The maximum Gasteiger partial charge on any atom is 0.267 e. The van der Waals surface area contributed by atoms with Crippen molar-refractivity contribution in [3.63, 3.8) is 0 Å². The van der Waals surface area contributed by atoms with E-state index in [1.807, 2.05) is 37.4 Å². The number of para-hydroxylation sites is 1. The fourth-order valence-electron chi connectivity index (χ4n) is 3.51. The molecule has 1 unspecified atom stereocenters. The molecule has 0 saturated carbocycles. The van der Waals surface area contributed by atoms with E-state index in [1.165, 1.54) is 21.2 Å². The number of thioether (sulfide) groups is 1. The van der Waals surface area contributed by atoms with Crippen molar-refractivity contribution >= 4 is 34.3 Å². The highest BCUT2D eigenvalue weighted by Gasteiger charge is 2.27. The van der Waals surface area contributed by atoms with Crippen LogP contribution >= 0.6 is 11.8 Å². The van der Waals surface area contributed by atoms with Crippen molar-refractivity contribution in [1.82, 2.24) is 4.57 Å². The Morgan fingerprint density at radius 2 is 1.91 bits per heavy atom. The highest BCUT2D eigenvalue weighted by molar-refractivity contribution is 7.98. The van der Waals surface area contributed by atoms with Crippen molar-refractivity contribution < 1.29 is 19.4 Å². The van der Waals surface area contributed by atoms with Crippen LogP contribution in [0.1, 0.15) is 24.2 Å². The van der Waals surface area contributed by atoms with Gasteiger partial charge in [0.2, 0.25) is 0 Å². The van der Waals surface area contributed by atoms with E-state index in [1.54, 1.807) is 38.2 Å². The zero-order valence-electron chi connectivity index (χ0n) is 18.7. The Hall–Kier alpha value is -2.81. The minimum Gasteiger partial charge on any atom is -0.506 e. The van der Waals surface area contributed by atoms with Crippen molar-refractivity contribution in [2.24, 2.45) is 7.05 Å². The second-order valence-corrected chi connectivity index (χ2v) is 8.04. The molecule has 0 bridgehead atoms. The fourth-order valence-corrected chi connectivity index (χ4v) is 3.95. The summed E-state index contributed by atoms with van der Waals surface area (Å²) in [5.74, 6) is -0.896. The third-order valence-electron chi connectivity index (χ3n) is 5.17. The summed E-state index contributed by atoms with van der Waals surface area (Å²) < 4.78 is 12.4. The lowest BCUT2D eigenvalue weighted by Crippen LogP contribution is -2.39. The molecule has 32 heavy (non-hydrogen) atoms. The molecule has 1 heterocycles. The number of hydrogen-bond donors (Lipinski definition) is 1. The van der Waals surface area contributed by atoms with Crippen LogP contribution in [0, 0.1) is 0 Å². The van der Waals surface area contributed by atoms with Crippen LogP contribution in [-0.2, 0) is 16.5 Å². The summed E-state index contributed by atoms with van der Waals surface area (Å²) in [6.45, 7) is 4.56. The van der Waals surface area contributed by atoms with E-state index in [0.717, 1.165) is 4.90 Å². The third-order valence-corrected chi connectivity index (χ3v) is 5.90. The van der Waals surface area contributed by atoms with Gasteiger partial charge in [-0.2, -0.15) is 0 Å². The molecular formula is C24H28N2O5S. The molecule has 0 aliphatic rings. The molecular weight excluding hydrogens is 428 g/mol. The van der Waals surface area contributed by atoms with Gasteiger partial charge >= 0.3 is 0 Å². The van der Waals surface area contributed by atoms with E-state index in [2.05, 4.69) is 0 Å². The highest BCUT2D eigenvalue weighted by Crippen LogP contribution is 2.31. The standard InChI is InChI=1S/C24H28N2O5S/c1-5-30-16(2)31-14-13-26(17-9-7-6-8-10-17)24(29)21-22(27)19-15-18(32-4)11-12-20(19)25(3)23(21)28/h6-12,15-16,27H,5,13-14H2,1-4H3. The summed E-state index contributed by atoms with van der Waals surface area (Å²) in [7, 11) is 1.60. The van der Waals surface area contributed by atoms with E-state index in [9.17, 15) is 14.7 Å². The first kappa shape index (κ1) is 23.8. The summed E-state index contributed by atoms with van der Waals surface area (Å²) in [5, 5.41) is 11.5. The number of rotatable bonds is 9. The van der Waals surface area contributed by atoms with Gasteiger partial charge in [-0.3, -0.25) is 9.59 Å². The first-order valence-electron chi connectivity index (χ1n) is 10.4. The lowest BCUT2D eigenvalue weighted by molar-refractivity contribution is -0.124. The molecule has 0 radical (unpaired) electrons. The van der Waals surface area contributed by atoms with Crippen LogP contribution in [0.25, 0.3) is 10.9 Å². The summed E-state index contributed by atoms with van der Waals surface area (Å²) >= 11 is 1.52. The van der Waals surface area contributed by atoms with Gasteiger partial charge in [-0.15, -0.1) is 11.8 Å². The van der Waals surface area contributed by atoms with Crippen molar-refractivity contribution in [3.05, 3.63) is 64.4 Å². The molecule has 7 nitrogen and oxygen atoms in total. The van der Waals surface area contributed by atoms with Crippen molar-refractivity contribution in [3.8, 4) is 5.75 Å². The van der Waals surface area contributed by atoms with Crippen LogP contribution in [-0.4, -0.2) is 47.9 Å². The molecule has 8 heteroatoms. The van der Waals surface area contributed by atoms with Gasteiger partial charge in [0, 0.05) is 36.2 Å². The Balaban J connectivity index is 2.04. The van der Waals surface area contributed by atoms with Crippen LogP contribution in [0.3, 0.4) is 0 Å². The second kappa shape index (κ2) is 10.7. The Morgan fingerprint density at radius 1 is 1.19 bits per heavy atom. The van der Waals surface area contributed by atoms with Gasteiger partial charge in [0.1, 0.15) is 11.3 Å². The predicted molar refractivity (Wildman–Crippen MR) is 128 cm³/mol. The number of fused-ring (bicyclic) bond motifs is 1. The molecule has 3 rings (SSSR count). The average molecular weight is 457 g/mol. The van der Waals surface area contributed by atoms with Crippen molar-refractivity contribution in [1.29, 1.82) is 0 Å². The molecule has 2 aromatic carbocycles. The fraction of sp³-hybridized carbons (Fsp3) is 0.333. The molecule has 3 aromatic rings. The predicted octanol–water partition coefficient (Wildman–Crippen LogP) is 4.01. The van der Waals surface area contributed by atoms with Gasteiger partial charge in [-0.1, -0.05) is 18.2 Å². The van der Waals surface area contributed by atoms with Crippen LogP contribution in [0.4, 0.5) is 5.69 Å². The number of amides is 1. The summed E-state index contributed by atoms with van der Waals surface area (Å²) in [5.41, 5.74) is 0.341. The maximum atomic E-state index is 13.6. The number of aromatic hydroxyl groups is 1. The van der Waals surface area contributed by atoms with Crippen LogP contribution in [0.2, 0.25) is 0 Å². The van der Waals surface area contributed by atoms with E-state index in [0.29, 0.717) is 23.2 Å². The summed E-state index contributed by atoms with van der Waals surface area (Å²) in [6.07, 6.45) is 1.51. The van der Waals surface area contributed by atoms with Crippen molar-refractivity contribution in [2.75, 3.05) is 30.9 Å². The minimum atomic E-state index is -0.585. The Kier molecular flexibility index (Phi) is 7.95. The third kappa shape index (κ3) is 4.98. The molecule has 0 spiro atoms. The number of carbonyl (C=O) groups is 1. The molecule has 170 valence electrons. The van der Waals surface area contributed by atoms with E-state index in [-0.39, 0.29) is 24.5 Å². The van der Waals surface area contributed by atoms with Gasteiger partial charge in [-0.25, -0.2) is 0 Å². The second-order valence-electron chi connectivity index (χ2n) is 7.16. The van der Waals surface area contributed by atoms with Gasteiger partial charge in [-0.05, 0) is 50.4 Å². The number of carbonyl (C=O) groups excluding carboxylic acids is 1. The van der Waals surface area contributed by atoms with E-state index < -0.39 is 17.8 Å². The van der Waals surface area contributed by atoms with Gasteiger partial charge in [0.25, 0.3) is 11.5 Å². The largest absolute Gasteiger partial charge is 0.506 e. The van der Waals surface area contributed by atoms with E-state index in [4.69, 9.17) is 9.47 Å². The lowest BCUT2D eigenvalue weighted by Gasteiger charge is -2.24. The Bertz CT molecular complexity index is 1150. The monoisotopic (exact) mass is 456 g/mol. The minimum absolute atomic E-state index is 0.186. The number of aromatic nitrogens is 1. The normalized spacial score (nSPS) is 12.1. The van der Waals surface area contributed by atoms with Crippen LogP contribution in [0.5, 0.6) is 5.75 Å². The number of benzene rings is 2. The molecule has 1 amide bonds. The molecule has 0 aliphatic carbocycles. The molecule has 0 fully saturated rings. The number of nitrogens with zero attached hydrogens (tertiary/aromatic N) is 2. The molecule has 0 saturated heterocycles. The van der Waals surface area contributed by atoms with Crippen LogP contribution < -0.4 is 10.5 Å². The van der Waals surface area contributed by atoms with Gasteiger partial charge < -0.3 is 24.0 Å². The highest BCUT2D eigenvalue weighted by atomic mass is 32.2. The zero-order chi connectivity index (χ0) is 23.3.